The van der Waals surface area contributed by atoms with Crippen molar-refractivity contribution in [1.29, 1.82) is 5.26 Å². The fraction of sp³-hybridized carbons (Fsp3) is 0.923. The van der Waals surface area contributed by atoms with E-state index in [9.17, 15) is 0 Å². The molecule has 2 rings (SSSR count). The van der Waals surface area contributed by atoms with Crippen LogP contribution >= 0.6 is 0 Å². The molecule has 0 radical (unpaired) electrons. The monoisotopic (exact) mass is 221 g/mol. The molecule has 1 saturated heterocycles. The van der Waals surface area contributed by atoms with E-state index in [1.54, 1.807) is 0 Å². The van der Waals surface area contributed by atoms with Crippen molar-refractivity contribution in [3.63, 3.8) is 0 Å². The molecular weight excluding hydrogens is 198 g/mol. The lowest BCUT2D eigenvalue weighted by molar-refractivity contribution is 0.308. The lowest BCUT2D eigenvalue weighted by Gasteiger charge is -2.18. The number of rotatable bonds is 5. The Balaban J connectivity index is 1.67. The minimum absolute atomic E-state index is 0.0683. The quantitative estimate of drug-likeness (QED) is 0.766. The SMILES string of the molecule is CC1CN(CCC(C#N)NC2CC2)CC1C. The van der Waals surface area contributed by atoms with Crippen LogP contribution in [0, 0.1) is 23.2 Å². The van der Waals surface area contributed by atoms with Crippen LogP contribution in [0.1, 0.15) is 33.1 Å². The maximum absolute atomic E-state index is 9.05. The maximum Gasteiger partial charge on any atom is 0.0967 e. The van der Waals surface area contributed by atoms with E-state index < -0.39 is 0 Å². The Labute approximate surface area is 98.8 Å². The number of nitrogens with one attached hydrogen (secondary N) is 1. The molecule has 1 aliphatic heterocycles. The Kier molecular flexibility index (Phi) is 3.83. The van der Waals surface area contributed by atoms with Gasteiger partial charge in [0.15, 0.2) is 0 Å². The summed E-state index contributed by atoms with van der Waals surface area (Å²) in [6, 6.07) is 3.09. The van der Waals surface area contributed by atoms with Gasteiger partial charge >= 0.3 is 0 Å². The van der Waals surface area contributed by atoms with Gasteiger partial charge in [-0.2, -0.15) is 5.26 Å². The molecule has 0 amide bonds. The van der Waals surface area contributed by atoms with Gasteiger partial charge in [-0.1, -0.05) is 13.8 Å². The second kappa shape index (κ2) is 5.16. The predicted molar refractivity (Wildman–Crippen MR) is 64.9 cm³/mol. The fourth-order valence-corrected chi connectivity index (χ4v) is 2.46. The molecule has 1 heterocycles. The molecule has 2 fully saturated rings. The van der Waals surface area contributed by atoms with Gasteiger partial charge in [0.2, 0.25) is 0 Å². The van der Waals surface area contributed by atoms with Crippen LogP contribution in [-0.2, 0) is 0 Å². The van der Waals surface area contributed by atoms with Gasteiger partial charge in [0.05, 0.1) is 12.1 Å². The summed E-state index contributed by atoms with van der Waals surface area (Å²) in [5.41, 5.74) is 0. The van der Waals surface area contributed by atoms with Gasteiger partial charge in [-0.05, 0) is 31.1 Å². The van der Waals surface area contributed by atoms with E-state index in [2.05, 4.69) is 30.1 Å². The van der Waals surface area contributed by atoms with E-state index in [0.717, 1.165) is 24.8 Å². The number of hydrogen-bond donors (Lipinski definition) is 1. The Morgan fingerprint density at radius 3 is 2.44 bits per heavy atom. The Morgan fingerprint density at radius 2 is 1.94 bits per heavy atom. The summed E-state index contributed by atoms with van der Waals surface area (Å²) in [7, 11) is 0. The van der Waals surface area contributed by atoms with E-state index in [1.165, 1.54) is 25.9 Å². The molecule has 0 aromatic rings. The Hall–Kier alpha value is -0.590. The highest BCUT2D eigenvalue weighted by Crippen LogP contribution is 2.23. The van der Waals surface area contributed by atoms with E-state index in [1.807, 2.05) is 0 Å². The van der Waals surface area contributed by atoms with Gasteiger partial charge < -0.3 is 4.90 Å². The normalized spacial score (nSPS) is 32.6. The van der Waals surface area contributed by atoms with Crippen molar-refractivity contribution in [2.75, 3.05) is 19.6 Å². The van der Waals surface area contributed by atoms with Crippen molar-refractivity contribution < 1.29 is 0 Å². The molecule has 16 heavy (non-hydrogen) atoms. The second-order valence-electron chi connectivity index (χ2n) is 5.63. The van der Waals surface area contributed by atoms with Crippen LogP contribution in [0.15, 0.2) is 0 Å². The third-order valence-corrected chi connectivity index (χ3v) is 3.97. The first-order valence-electron chi connectivity index (χ1n) is 6.57. The number of likely N-dealkylation sites (tertiary alicyclic amines) is 1. The van der Waals surface area contributed by atoms with E-state index in [4.69, 9.17) is 5.26 Å². The summed E-state index contributed by atoms with van der Waals surface area (Å²) >= 11 is 0. The third-order valence-electron chi connectivity index (χ3n) is 3.97. The standard InChI is InChI=1S/C13H23N3/c1-10-8-16(9-11(10)2)6-5-13(7-14)15-12-3-4-12/h10-13,15H,3-6,8-9H2,1-2H3. The fourth-order valence-electron chi connectivity index (χ4n) is 2.46. The molecule has 3 unspecified atom stereocenters. The summed E-state index contributed by atoms with van der Waals surface area (Å²) in [6.07, 6.45) is 3.50. The summed E-state index contributed by atoms with van der Waals surface area (Å²) < 4.78 is 0. The van der Waals surface area contributed by atoms with Crippen molar-refractivity contribution in [1.82, 2.24) is 10.2 Å². The molecule has 3 atom stereocenters. The van der Waals surface area contributed by atoms with Crippen LogP contribution in [-0.4, -0.2) is 36.6 Å². The molecular formula is C13H23N3. The lowest BCUT2D eigenvalue weighted by Crippen LogP contribution is -2.34. The zero-order chi connectivity index (χ0) is 11.5. The average molecular weight is 221 g/mol. The largest absolute Gasteiger partial charge is 0.303 e. The highest BCUT2D eigenvalue weighted by Gasteiger charge is 2.28. The van der Waals surface area contributed by atoms with Crippen molar-refractivity contribution in [2.24, 2.45) is 11.8 Å². The zero-order valence-electron chi connectivity index (χ0n) is 10.4. The van der Waals surface area contributed by atoms with Gasteiger partial charge in [0, 0.05) is 25.7 Å². The predicted octanol–water partition coefficient (Wildman–Crippen LogP) is 1.61. The van der Waals surface area contributed by atoms with Crippen LogP contribution in [0.2, 0.25) is 0 Å². The van der Waals surface area contributed by atoms with Gasteiger partial charge in [-0.3, -0.25) is 5.32 Å². The highest BCUT2D eigenvalue weighted by atomic mass is 15.2. The van der Waals surface area contributed by atoms with E-state index in [0.29, 0.717) is 6.04 Å². The van der Waals surface area contributed by atoms with E-state index >= 15 is 0 Å². The molecule has 1 saturated carbocycles. The molecule has 2 aliphatic rings. The number of nitrogens with zero attached hydrogens (tertiary/aromatic N) is 2. The number of hydrogen-bond acceptors (Lipinski definition) is 3. The first kappa shape index (κ1) is 11.9. The minimum atomic E-state index is 0.0683. The van der Waals surface area contributed by atoms with Crippen LogP contribution < -0.4 is 5.32 Å². The Morgan fingerprint density at radius 1 is 1.31 bits per heavy atom. The van der Waals surface area contributed by atoms with Gasteiger partial charge in [-0.15, -0.1) is 0 Å². The summed E-state index contributed by atoms with van der Waals surface area (Å²) in [5.74, 6) is 1.63. The molecule has 90 valence electrons. The summed E-state index contributed by atoms with van der Waals surface area (Å²) in [5, 5.41) is 12.4. The van der Waals surface area contributed by atoms with Crippen molar-refractivity contribution in [3.05, 3.63) is 0 Å². The molecule has 1 N–H and O–H groups in total. The van der Waals surface area contributed by atoms with E-state index in [-0.39, 0.29) is 6.04 Å². The van der Waals surface area contributed by atoms with Gasteiger partial charge in [-0.25, -0.2) is 0 Å². The van der Waals surface area contributed by atoms with Crippen molar-refractivity contribution in [3.8, 4) is 6.07 Å². The molecule has 3 nitrogen and oxygen atoms in total. The van der Waals surface area contributed by atoms with Crippen LogP contribution in [0.5, 0.6) is 0 Å². The molecule has 0 aromatic carbocycles. The molecule has 3 heteroatoms. The maximum atomic E-state index is 9.05. The molecule has 0 aromatic heterocycles. The van der Waals surface area contributed by atoms with Crippen LogP contribution in [0.25, 0.3) is 0 Å². The van der Waals surface area contributed by atoms with Crippen molar-refractivity contribution in [2.45, 2.75) is 45.2 Å². The minimum Gasteiger partial charge on any atom is -0.303 e. The summed E-state index contributed by atoms with van der Waals surface area (Å²) in [6.45, 7) is 8.15. The van der Waals surface area contributed by atoms with Crippen LogP contribution in [0.4, 0.5) is 0 Å². The third kappa shape index (κ3) is 3.20. The average Bonchev–Trinajstić information content (AvgIpc) is 3.01. The zero-order valence-corrected chi connectivity index (χ0v) is 10.4. The molecule has 0 bridgehead atoms. The van der Waals surface area contributed by atoms with Crippen LogP contribution in [0.3, 0.4) is 0 Å². The highest BCUT2D eigenvalue weighted by molar-refractivity contribution is 4.96. The van der Waals surface area contributed by atoms with Gasteiger partial charge in [0.1, 0.15) is 0 Å². The van der Waals surface area contributed by atoms with Gasteiger partial charge in [0.25, 0.3) is 0 Å². The molecule has 1 aliphatic carbocycles. The second-order valence-corrected chi connectivity index (χ2v) is 5.63. The Bertz CT molecular complexity index is 257. The first-order chi connectivity index (χ1) is 7.69. The summed E-state index contributed by atoms with van der Waals surface area (Å²) in [4.78, 5) is 2.51. The smallest absolute Gasteiger partial charge is 0.0967 e. The first-order valence-corrected chi connectivity index (χ1v) is 6.57. The van der Waals surface area contributed by atoms with Crippen molar-refractivity contribution >= 4 is 0 Å². The number of nitriles is 1. The topological polar surface area (TPSA) is 39.1 Å². The molecule has 0 spiro atoms. The lowest BCUT2D eigenvalue weighted by atomic mass is 10.0.